The average Bonchev–Trinajstić information content (AvgIpc) is 2.15. The van der Waals surface area contributed by atoms with Crippen molar-refractivity contribution in [2.24, 2.45) is 0 Å². The van der Waals surface area contributed by atoms with E-state index in [0.717, 1.165) is 17.5 Å². The van der Waals surface area contributed by atoms with Crippen LogP contribution in [0, 0.1) is 0 Å². The number of hydrogen-bond donors (Lipinski definition) is 0. The lowest BCUT2D eigenvalue weighted by Crippen LogP contribution is -2.13. The molecule has 1 unspecified atom stereocenters. The van der Waals surface area contributed by atoms with Gasteiger partial charge in [-0.2, -0.15) is 0 Å². The minimum absolute atomic E-state index is 0.177. The van der Waals surface area contributed by atoms with E-state index in [9.17, 15) is 4.79 Å². The van der Waals surface area contributed by atoms with Crippen molar-refractivity contribution < 1.29 is 4.79 Å². The van der Waals surface area contributed by atoms with E-state index in [1.54, 1.807) is 6.07 Å². The van der Waals surface area contributed by atoms with Crippen LogP contribution < -0.4 is 0 Å². The van der Waals surface area contributed by atoms with Gasteiger partial charge < -0.3 is 0 Å². The maximum Gasteiger partial charge on any atom is 0.163 e. The zero-order chi connectivity index (χ0) is 10.3. The summed E-state index contributed by atoms with van der Waals surface area (Å²) in [6.07, 6.45) is 1.52. The van der Waals surface area contributed by atoms with Crippen LogP contribution in [0.3, 0.4) is 0 Å². The van der Waals surface area contributed by atoms with Gasteiger partial charge in [0.2, 0.25) is 0 Å². The smallest absolute Gasteiger partial charge is 0.163 e. The van der Waals surface area contributed by atoms with Crippen molar-refractivity contribution in [3.63, 3.8) is 0 Å². The quantitative estimate of drug-likeness (QED) is 0.655. The van der Waals surface area contributed by atoms with Gasteiger partial charge in [-0.15, -0.1) is 0 Å². The number of halogens is 2. The molecule has 0 aliphatic heterocycles. The third-order valence-corrected chi connectivity index (χ3v) is 3.45. The normalized spacial score (nSPS) is 20.8. The highest BCUT2D eigenvalue weighted by Crippen LogP contribution is 2.36. The summed E-state index contributed by atoms with van der Waals surface area (Å²) >= 11 is 11.8. The van der Waals surface area contributed by atoms with Gasteiger partial charge in [0.05, 0.1) is 10.0 Å². The Hall–Kier alpha value is -0.530. The first-order valence-corrected chi connectivity index (χ1v) is 5.37. The zero-order valence-electron chi connectivity index (χ0n) is 7.81. The molecule has 2 rings (SSSR count). The van der Waals surface area contributed by atoms with Gasteiger partial charge in [-0.1, -0.05) is 30.1 Å². The number of hydrogen-bond acceptors (Lipinski definition) is 1. The second kappa shape index (κ2) is 3.56. The minimum Gasteiger partial charge on any atom is -0.294 e. The molecule has 0 N–H and O–H groups in total. The van der Waals surface area contributed by atoms with E-state index in [1.807, 2.05) is 6.07 Å². The molecule has 1 atom stereocenters. The van der Waals surface area contributed by atoms with Crippen LogP contribution in [-0.4, -0.2) is 5.78 Å². The van der Waals surface area contributed by atoms with E-state index in [4.69, 9.17) is 23.2 Å². The molecule has 0 saturated carbocycles. The molecule has 1 aromatic carbocycles. The average molecular weight is 229 g/mol. The predicted molar refractivity (Wildman–Crippen MR) is 58.4 cm³/mol. The largest absolute Gasteiger partial charge is 0.294 e. The number of carbonyl (C=O) groups is 1. The molecule has 1 aliphatic rings. The molecule has 1 aromatic rings. The van der Waals surface area contributed by atoms with Crippen molar-refractivity contribution in [2.75, 3.05) is 0 Å². The molecule has 14 heavy (non-hydrogen) atoms. The van der Waals surface area contributed by atoms with Crippen LogP contribution in [0.15, 0.2) is 12.1 Å². The first-order chi connectivity index (χ1) is 6.59. The van der Waals surface area contributed by atoms with E-state index in [0.29, 0.717) is 22.4 Å². The topological polar surface area (TPSA) is 17.1 Å². The molecule has 3 heteroatoms. The van der Waals surface area contributed by atoms with Crippen molar-refractivity contribution >= 4 is 29.0 Å². The molecule has 1 nitrogen and oxygen atoms in total. The number of carbonyl (C=O) groups excluding carboxylic acids is 1. The summed E-state index contributed by atoms with van der Waals surface area (Å²) in [5.74, 6) is 0.578. The monoisotopic (exact) mass is 228 g/mol. The molecule has 0 bridgehead atoms. The molecule has 74 valence electrons. The van der Waals surface area contributed by atoms with Gasteiger partial charge in [0, 0.05) is 12.0 Å². The Morgan fingerprint density at radius 2 is 1.93 bits per heavy atom. The Balaban J connectivity index is 2.62. The van der Waals surface area contributed by atoms with Crippen LogP contribution in [0.25, 0.3) is 0 Å². The van der Waals surface area contributed by atoms with Crippen LogP contribution in [0.2, 0.25) is 10.0 Å². The molecule has 0 aromatic heterocycles. The maximum absolute atomic E-state index is 11.6. The van der Waals surface area contributed by atoms with Gasteiger partial charge in [-0.3, -0.25) is 4.79 Å². The van der Waals surface area contributed by atoms with Crippen LogP contribution in [0.1, 0.15) is 41.6 Å². The van der Waals surface area contributed by atoms with Gasteiger partial charge >= 0.3 is 0 Å². The highest BCUT2D eigenvalue weighted by molar-refractivity contribution is 6.42. The number of ketones is 1. The number of benzene rings is 1. The fourth-order valence-electron chi connectivity index (χ4n) is 1.85. The fraction of sp³-hybridized carbons (Fsp3) is 0.364. The molecule has 0 spiro atoms. The third kappa shape index (κ3) is 1.55. The van der Waals surface area contributed by atoms with Crippen LogP contribution >= 0.6 is 23.2 Å². The standard InChI is InChI=1S/C11H10Cl2O/c1-6-2-3-11(14)8-5-10(13)9(12)4-7(6)8/h4-6H,2-3H2,1H3. The third-order valence-electron chi connectivity index (χ3n) is 2.73. The zero-order valence-corrected chi connectivity index (χ0v) is 9.32. The summed E-state index contributed by atoms with van der Waals surface area (Å²) < 4.78 is 0. The van der Waals surface area contributed by atoms with Crippen molar-refractivity contribution in [1.29, 1.82) is 0 Å². The highest BCUT2D eigenvalue weighted by atomic mass is 35.5. The summed E-state index contributed by atoms with van der Waals surface area (Å²) in [4.78, 5) is 11.6. The predicted octanol–water partition coefficient (Wildman–Crippen LogP) is 4.07. The van der Waals surface area contributed by atoms with E-state index in [-0.39, 0.29) is 5.78 Å². The highest BCUT2D eigenvalue weighted by Gasteiger charge is 2.23. The Labute approximate surface area is 93.0 Å². The van der Waals surface area contributed by atoms with Gasteiger partial charge in [0.15, 0.2) is 5.78 Å². The van der Waals surface area contributed by atoms with E-state index in [1.165, 1.54) is 0 Å². The fourth-order valence-corrected chi connectivity index (χ4v) is 2.18. The number of rotatable bonds is 0. The minimum atomic E-state index is 0.177. The molecular weight excluding hydrogens is 219 g/mol. The molecule has 0 saturated heterocycles. The maximum atomic E-state index is 11.6. The Bertz CT molecular complexity index is 399. The van der Waals surface area contributed by atoms with Crippen LogP contribution in [0.5, 0.6) is 0 Å². The molecular formula is C11H10Cl2O. The summed E-state index contributed by atoms with van der Waals surface area (Å²) in [5, 5.41) is 1.000. The summed E-state index contributed by atoms with van der Waals surface area (Å²) in [7, 11) is 0. The summed E-state index contributed by atoms with van der Waals surface area (Å²) in [6, 6.07) is 3.51. The first kappa shape index (κ1) is 10.0. The van der Waals surface area contributed by atoms with Crippen LogP contribution in [0.4, 0.5) is 0 Å². The second-order valence-electron chi connectivity index (χ2n) is 3.72. The van der Waals surface area contributed by atoms with E-state index < -0.39 is 0 Å². The number of Topliss-reactive ketones (excluding diaryl/α,β-unsaturated/α-hetero) is 1. The molecule has 0 radical (unpaired) electrons. The molecule has 0 amide bonds. The molecule has 0 heterocycles. The van der Waals surface area contributed by atoms with E-state index in [2.05, 4.69) is 6.92 Å². The summed E-state index contributed by atoms with van der Waals surface area (Å²) in [6.45, 7) is 2.11. The first-order valence-electron chi connectivity index (χ1n) is 4.61. The Morgan fingerprint density at radius 1 is 1.29 bits per heavy atom. The molecule has 1 aliphatic carbocycles. The Kier molecular flexibility index (Phi) is 2.54. The van der Waals surface area contributed by atoms with Gasteiger partial charge in [0.25, 0.3) is 0 Å². The Morgan fingerprint density at radius 3 is 2.64 bits per heavy atom. The molecule has 0 fully saturated rings. The number of fused-ring (bicyclic) bond motifs is 1. The van der Waals surface area contributed by atoms with Gasteiger partial charge in [-0.25, -0.2) is 0 Å². The summed E-state index contributed by atoms with van der Waals surface area (Å²) in [5.41, 5.74) is 1.79. The van der Waals surface area contributed by atoms with Crippen molar-refractivity contribution in [1.82, 2.24) is 0 Å². The van der Waals surface area contributed by atoms with Crippen molar-refractivity contribution in [3.05, 3.63) is 33.3 Å². The van der Waals surface area contributed by atoms with Crippen molar-refractivity contribution in [2.45, 2.75) is 25.7 Å². The lowest BCUT2D eigenvalue weighted by atomic mass is 9.83. The SMILES string of the molecule is CC1CCC(=O)c2cc(Cl)c(Cl)cc21. The van der Waals surface area contributed by atoms with E-state index >= 15 is 0 Å². The lowest BCUT2D eigenvalue weighted by Gasteiger charge is -2.21. The van der Waals surface area contributed by atoms with Crippen LogP contribution in [-0.2, 0) is 0 Å². The lowest BCUT2D eigenvalue weighted by molar-refractivity contribution is 0.0968. The van der Waals surface area contributed by atoms with Gasteiger partial charge in [-0.05, 0) is 30.0 Å². The van der Waals surface area contributed by atoms with Gasteiger partial charge in [0.1, 0.15) is 0 Å². The van der Waals surface area contributed by atoms with Crippen molar-refractivity contribution in [3.8, 4) is 0 Å². The second-order valence-corrected chi connectivity index (χ2v) is 4.53.